The van der Waals surface area contributed by atoms with E-state index in [0.29, 0.717) is 18.7 Å². The monoisotopic (exact) mass is 420 g/mol. The van der Waals surface area contributed by atoms with E-state index in [1.165, 1.54) is 29.2 Å². The second-order valence-corrected chi connectivity index (χ2v) is 7.55. The Morgan fingerprint density at radius 3 is 2.30 bits per heavy atom. The summed E-state index contributed by atoms with van der Waals surface area (Å²) in [4.78, 5) is 28.3. The van der Waals surface area contributed by atoms with Gasteiger partial charge in [-0.1, -0.05) is 42.0 Å². The van der Waals surface area contributed by atoms with E-state index < -0.39 is 12.3 Å². The molecule has 0 unspecified atom stereocenters. The van der Waals surface area contributed by atoms with Crippen molar-refractivity contribution in [2.45, 2.75) is 32.8 Å². The Morgan fingerprint density at radius 1 is 1.10 bits per heavy atom. The van der Waals surface area contributed by atoms with Crippen molar-refractivity contribution in [3.8, 4) is 5.75 Å². The number of hydrogen-bond donors (Lipinski definition) is 0. The van der Waals surface area contributed by atoms with Crippen molar-refractivity contribution in [3.63, 3.8) is 0 Å². The molecule has 2 amide bonds. The van der Waals surface area contributed by atoms with Crippen LogP contribution in [0, 0.1) is 12.8 Å². The molecular weight excluding hydrogens is 397 g/mol. The summed E-state index contributed by atoms with van der Waals surface area (Å²) in [6.45, 7) is 3.04. The molecule has 1 aliphatic heterocycles. The standard InChI is InChI=1S/C22H23F3N2O3/c1-15-3-5-17(6-4-15)13-27-14-18(11-20(27)28)21(29)26(2)12-16-7-9-19(10-8-16)30-22(23,24)25/h3-10,18H,11-14H2,1-2H3/t18-/m1/s1. The minimum Gasteiger partial charge on any atom is -0.406 e. The number of amides is 2. The maximum atomic E-state index is 12.8. The van der Waals surface area contributed by atoms with Crippen LogP contribution in [0.25, 0.3) is 0 Å². The molecule has 30 heavy (non-hydrogen) atoms. The molecule has 2 aromatic carbocycles. The van der Waals surface area contributed by atoms with Crippen molar-refractivity contribution < 1.29 is 27.5 Å². The number of carbonyl (C=O) groups is 2. The Labute approximate surface area is 173 Å². The second-order valence-electron chi connectivity index (χ2n) is 7.55. The summed E-state index contributed by atoms with van der Waals surface area (Å²) in [5.41, 5.74) is 2.82. The molecule has 2 aromatic rings. The molecule has 0 saturated carbocycles. The maximum absolute atomic E-state index is 12.8. The third-order valence-electron chi connectivity index (χ3n) is 5.01. The van der Waals surface area contributed by atoms with Crippen LogP contribution >= 0.6 is 0 Å². The Bertz CT molecular complexity index is 895. The Kier molecular flexibility index (Phi) is 6.34. The molecule has 0 aromatic heterocycles. The minimum absolute atomic E-state index is 0.0593. The average molecular weight is 420 g/mol. The predicted octanol–water partition coefficient (Wildman–Crippen LogP) is 3.90. The van der Waals surface area contributed by atoms with Crippen LogP contribution in [0.5, 0.6) is 5.75 Å². The summed E-state index contributed by atoms with van der Waals surface area (Å²) in [5.74, 6) is -0.962. The molecule has 1 atom stereocenters. The van der Waals surface area contributed by atoms with Gasteiger partial charge in [0.15, 0.2) is 0 Å². The number of halogens is 3. The van der Waals surface area contributed by atoms with E-state index in [1.54, 1.807) is 11.9 Å². The van der Waals surface area contributed by atoms with Gasteiger partial charge in [-0.15, -0.1) is 13.2 Å². The number of hydrogen-bond acceptors (Lipinski definition) is 3. The molecule has 3 rings (SSSR count). The first-order valence-electron chi connectivity index (χ1n) is 9.54. The molecule has 0 radical (unpaired) electrons. The number of aryl methyl sites for hydroxylation is 1. The number of carbonyl (C=O) groups excluding carboxylic acids is 2. The molecule has 5 nitrogen and oxygen atoms in total. The normalized spacial score (nSPS) is 16.6. The summed E-state index contributed by atoms with van der Waals surface area (Å²) in [6, 6.07) is 13.3. The lowest BCUT2D eigenvalue weighted by Crippen LogP contribution is -2.34. The Hall–Kier alpha value is -3.03. The molecule has 1 aliphatic rings. The first-order valence-corrected chi connectivity index (χ1v) is 9.54. The predicted molar refractivity (Wildman–Crippen MR) is 104 cm³/mol. The molecule has 0 spiro atoms. The quantitative estimate of drug-likeness (QED) is 0.712. The van der Waals surface area contributed by atoms with E-state index in [0.717, 1.165) is 11.1 Å². The number of likely N-dealkylation sites (tertiary alicyclic amines) is 1. The van der Waals surface area contributed by atoms with Crippen molar-refractivity contribution >= 4 is 11.8 Å². The van der Waals surface area contributed by atoms with E-state index in [9.17, 15) is 22.8 Å². The summed E-state index contributed by atoms with van der Waals surface area (Å²) < 4.78 is 40.6. The van der Waals surface area contributed by atoms with Crippen molar-refractivity contribution in [1.29, 1.82) is 0 Å². The van der Waals surface area contributed by atoms with Gasteiger partial charge in [0.1, 0.15) is 5.75 Å². The Morgan fingerprint density at radius 2 is 1.70 bits per heavy atom. The van der Waals surface area contributed by atoms with Gasteiger partial charge in [-0.25, -0.2) is 0 Å². The average Bonchev–Trinajstić information content (AvgIpc) is 3.04. The zero-order valence-corrected chi connectivity index (χ0v) is 16.8. The summed E-state index contributed by atoms with van der Waals surface area (Å²) in [6.07, 6.45) is -4.58. The fourth-order valence-corrected chi connectivity index (χ4v) is 3.46. The molecule has 8 heteroatoms. The first kappa shape index (κ1) is 21.7. The van der Waals surface area contributed by atoms with Crippen LogP contribution in [-0.2, 0) is 22.7 Å². The fraction of sp³-hybridized carbons (Fsp3) is 0.364. The lowest BCUT2D eigenvalue weighted by atomic mass is 10.1. The van der Waals surface area contributed by atoms with Crippen LogP contribution in [0.4, 0.5) is 13.2 Å². The minimum atomic E-state index is -4.74. The van der Waals surface area contributed by atoms with Gasteiger partial charge in [0.25, 0.3) is 0 Å². The van der Waals surface area contributed by atoms with Crippen molar-refractivity contribution in [3.05, 3.63) is 65.2 Å². The fourth-order valence-electron chi connectivity index (χ4n) is 3.46. The van der Waals surface area contributed by atoms with E-state index in [1.807, 2.05) is 31.2 Å². The van der Waals surface area contributed by atoms with E-state index in [-0.39, 0.29) is 30.5 Å². The number of nitrogens with zero attached hydrogens (tertiary/aromatic N) is 2. The van der Waals surface area contributed by atoms with Gasteiger partial charge in [-0.3, -0.25) is 9.59 Å². The second kappa shape index (κ2) is 8.77. The highest BCUT2D eigenvalue weighted by Gasteiger charge is 2.35. The highest BCUT2D eigenvalue weighted by atomic mass is 19.4. The van der Waals surface area contributed by atoms with E-state index in [4.69, 9.17) is 0 Å². The van der Waals surface area contributed by atoms with Gasteiger partial charge in [0.2, 0.25) is 11.8 Å². The van der Waals surface area contributed by atoms with Gasteiger partial charge >= 0.3 is 6.36 Å². The van der Waals surface area contributed by atoms with Crippen molar-refractivity contribution in [1.82, 2.24) is 9.80 Å². The van der Waals surface area contributed by atoms with Crippen LogP contribution in [0.2, 0.25) is 0 Å². The molecule has 0 bridgehead atoms. The molecule has 160 valence electrons. The van der Waals surface area contributed by atoms with Crippen LogP contribution in [0.3, 0.4) is 0 Å². The first-order chi connectivity index (χ1) is 14.1. The van der Waals surface area contributed by atoms with Gasteiger partial charge < -0.3 is 14.5 Å². The van der Waals surface area contributed by atoms with Crippen molar-refractivity contribution in [2.24, 2.45) is 5.92 Å². The molecule has 1 saturated heterocycles. The molecule has 0 aliphatic carbocycles. The topological polar surface area (TPSA) is 49.9 Å². The highest BCUT2D eigenvalue weighted by molar-refractivity contribution is 5.89. The zero-order chi connectivity index (χ0) is 21.9. The summed E-state index contributed by atoms with van der Waals surface area (Å²) >= 11 is 0. The number of rotatable bonds is 6. The van der Waals surface area contributed by atoms with Gasteiger partial charge in [-0.2, -0.15) is 0 Å². The smallest absolute Gasteiger partial charge is 0.406 e. The third kappa shape index (κ3) is 5.75. The zero-order valence-electron chi connectivity index (χ0n) is 16.8. The molecule has 1 heterocycles. The SMILES string of the molecule is Cc1ccc(CN2C[C@H](C(=O)N(C)Cc3ccc(OC(F)(F)F)cc3)CC2=O)cc1. The molecule has 1 fully saturated rings. The largest absolute Gasteiger partial charge is 0.573 e. The maximum Gasteiger partial charge on any atom is 0.573 e. The van der Waals surface area contributed by atoms with E-state index >= 15 is 0 Å². The highest BCUT2D eigenvalue weighted by Crippen LogP contribution is 2.25. The number of benzene rings is 2. The van der Waals surface area contributed by atoms with Crippen LogP contribution in [0.15, 0.2) is 48.5 Å². The van der Waals surface area contributed by atoms with Gasteiger partial charge in [0, 0.05) is 33.1 Å². The van der Waals surface area contributed by atoms with Crippen molar-refractivity contribution in [2.75, 3.05) is 13.6 Å². The van der Waals surface area contributed by atoms with Crippen LogP contribution < -0.4 is 4.74 Å². The number of ether oxygens (including phenoxy) is 1. The van der Waals surface area contributed by atoms with E-state index in [2.05, 4.69) is 4.74 Å². The summed E-state index contributed by atoms with van der Waals surface area (Å²) in [5, 5.41) is 0. The van der Waals surface area contributed by atoms with Gasteiger partial charge in [-0.05, 0) is 30.2 Å². The lowest BCUT2D eigenvalue weighted by molar-refractivity contribution is -0.274. The molecular formula is C22H23F3N2O3. The van der Waals surface area contributed by atoms with Crippen LogP contribution in [0.1, 0.15) is 23.1 Å². The third-order valence-corrected chi connectivity index (χ3v) is 5.01. The van der Waals surface area contributed by atoms with Gasteiger partial charge in [0.05, 0.1) is 5.92 Å². The summed E-state index contributed by atoms with van der Waals surface area (Å²) in [7, 11) is 1.62. The Balaban J connectivity index is 1.55. The number of alkyl halides is 3. The lowest BCUT2D eigenvalue weighted by Gasteiger charge is -2.22. The molecule has 0 N–H and O–H groups in total. The van der Waals surface area contributed by atoms with Crippen LogP contribution in [-0.4, -0.2) is 41.6 Å².